The fraction of sp³-hybridized carbons (Fsp3) is 0.643. The number of carbonyl (C=O) groups excluding carboxylic acids is 1. The van der Waals surface area contributed by atoms with Crippen LogP contribution in [-0.2, 0) is 11.3 Å². The molecule has 0 aromatic carbocycles. The summed E-state index contributed by atoms with van der Waals surface area (Å²) in [6, 6.07) is 4.05. The molecule has 0 N–H and O–H groups in total. The monoisotopic (exact) mass is 234 g/mol. The van der Waals surface area contributed by atoms with Crippen molar-refractivity contribution in [2.24, 2.45) is 0 Å². The average Bonchev–Trinajstić information content (AvgIpc) is 2.69. The lowest BCUT2D eigenvalue weighted by molar-refractivity contribution is -0.131. The van der Waals surface area contributed by atoms with Crippen LogP contribution in [0, 0.1) is 0 Å². The van der Waals surface area contributed by atoms with E-state index in [9.17, 15) is 4.79 Å². The average molecular weight is 234 g/mol. The zero-order chi connectivity index (χ0) is 11.9. The lowest BCUT2D eigenvalue weighted by Crippen LogP contribution is -2.31. The molecule has 1 aromatic heterocycles. The quantitative estimate of drug-likeness (QED) is 0.786. The fourth-order valence-corrected chi connectivity index (χ4v) is 2.41. The molecule has 1 amide bonds. The second-order valence-corrected chi connectivity index (χ2v) is 4.82. The third-order valence-corrected chi connectivity index (χ3v) is 3.43. The van der Waals surface area contributed by atoms with Crippen LogP contribution in [0.4, 0.5) is 0 Å². The first-order chi connectivity index (χ1) is 8.36. The molecule has 0 saturated carbocycles. The molecule has 1 saturated heterocycles. The highest BCUT2D eigenvalue weighted by Gasteiger charge is 2.14. The summed E-state index contributed by atoms with van der Waals surface area (Å²) in [4.78, 5) is 14.1. The van der Waals surface area contributed by atoms with Crippen molar-refractivity contribution in [1.82, 2.24) is 9.47 Å². The Bertz CT molecular complexity index is 324. The molecule has 0 atom stereocenters. The molecule has 2 rings (SSSR count). The molecule has 1 fully saturated rings. The molecule has 3 nitrogen and oxygen atoms in total. The third-order valence-electron chi connectivity index (χ3n) is 3.43. The van der Waals surface area contributed by atoms with E-state index in [1.807, 2.05) is 12.1 Å². The number of aromatic nitrogens is 1. The predicted molar refractivity (Wildman–Crippen MR) is 68.7 cm³/mol. The molecule has 0 spiro atoms. The van der Waals surface area contributed by atoms with E-state index in [0.717, 1.165) is 26.1 Å². The number of hydrogen-bond donors (Lipinski definition) is 0. The lowest BCUT2D eigenvalue weighted by Gasteiger charge is -2.20. The summed E-state index contributed by atoms with van der Waals surface area (Å²) in [5.41, 5.74) is 0. The Balaban J connectivity index is 1.69. The fourth-order valence-electron chi connectivity index (χ4n) is 2.41. The lowest BCUT2D eigenvalue weighted by atomic mass is 10.2. The van der Waals surface area contributed by atoms with Gasteiger partial charge < -0.3 is 9.47 Å². The Morgan fingerprint density at radius 3 is 2.29 bits per heavy atom. The van der Waals surface area contributed by atoms with Gasteiger partial charge in [0.15, 0.2) is 0 Å². The van der Waals surface area contributed by atoms with Crippen LogP contribution in [0.15, 0.2) is 24.5 Å². The predicted octanol–water partition coefficient (Wildman–Crippen LogP) is 2.67. The van der Waals surface area contributed by atoms with Gasteiger partial charge in [0.05, 0.1) is 0 Å². The summed E-state index contributed by atoms with van der Waals surface area (Å²) in [7, 11) is 0. The van der Waals surface area contributed by atoms with Crippen molar-refractivity contribution in [2.75, 3.05) is 13.1 Å². The van der Waals surface area contributed by atoms with Gasteiger partial charge in [-0.25, -0.2) is 0 Å². The Morgan fingerprint density at radius 1 is 1.00 bits per heavy atom. The van der Waals surface area contributed by atoms with Crippen LogP contribution in [0.3, 0.4) is 0 Å². The van der Waals surface area contributed by atoms with E-state index in [-0.39, 0.29) is 0 Å². The SMILES string of the molecule is O=C(CCCn1cccc1)N1CCCCCC1. The molecular weight excluding hydrogens is 212 g/mol. The molecule has 0 radical (unpaired) electrons. The second-order valence-electron chi connectivity index (χ2n) is 4.82. The molecule has 2 heterocycles. The van der Waals surface area contributed by atoms with Crippen LogP contribution >= 0.6 is 0 Å². The number of carbonyl (C=O) groups is 1. The first kappa shape index (κ1) is 12.2. The van der Waals surface area contributed by atoms with E-state index >= 15 is 0 Å². The highest BCUT2D eigenvalue weighted by Crippen LogP contribution is 2.11. The van der Waals surface area contributed by atoms with Crippen molar-refractivity contribution in [3.05, 3.63) is 24.5 Å². The van der Waals surface area contributed by atoms with E-state index in [2.05, 4.69) is 21.9 Å². The van der Waals surface area contributed by atoms with Crippen LogP contribution in [0.2, 0.25) is 0 Å². The van der Waals surface area contributed by atoms with E-state index in [0.29, 0.717) is 12.3 Å². The van der Waals surface area contributed by atoms with Gasteiger partial charge in [0, 0.05) is 38.4 Å². The minimum Gasteiger partial charge on any atom is -0.354 e. The number of nitrogens with zero attached hydrogens (tertiary/aromatic N) is 2. The van der Waals surface area contributed by atoms with Crippen molar-refractivity contribution < 1.29 is 4.79 Å². The Morgan fingerprint density at radius 2 is 1.65 bits per heavy atom. The molecule has 17 heavy (non-hydrogen) atoms. The topological polar surface area (TPSA) is 25.2 Å². The maximum absolute atomic E-state index is 12.0. The van der Waals surface area contributed by atoms with Gasteiger partial charge in [-0.15, -0.1) is 0 Å². The van der Waals surface area contributed by atoms with Crippen LogP contribution in [0.1, 0.15) is 38.5 Å². The first-order valence-electron chi connectivity index (χ1n) is 6.75. The largest absolute Gasteiger partial charge is 0.354 e. The summed E-state index contributed by atoms with van der Waals surface area (Å²) >= 11 is 0. The van der Waals surface area contributed by atoms with Gasteiger partial charge in [0.25, 0.3) is 0 Å². The number of likely N-dealkylation sites (tertiary alicyclic amines) is 1. The molecule has 3 heteroatoms. The van der Waals surface area contributed by atoms with E-state index < -0.39 is 0 Å². The van der Waals surface area contributed by atoms with Gasteiger partial charge in [0.1, 0.15) is 0 Å². The van der Waals surface area contributed by atoms with Gasteiger partial charge in [-0.1, -0.05) is 12.8 Å². The highest BCUT2D eigenvalue weighted by atomic mass is 16.2. The summed E-state index contributed by atoms with van der Waals surface area (Å²) < 4.78 is 2.13. The van der Waals surface area contributed by atoms with Gasteiger partial charge in [-0.05, 0) is 31.4 Å². The second kappa shape index (κ2) is 6.48. The van der Waals surface area contributed by atoms with Gasteiger partial charge in [0.2, 0.25) is 5.91 Å². The Hall–Kier alpha value is -1.25. The Kier molecular flexibility index (Phi) is 4.65. The summed E-state index contributed by atoms with van der Waals surface area (Å²) in [6.45, 7) is 2.90. The minimum atomic E-state index is 0.346. The summed E-state index contributed by atoms with van der Waals surface area (Å²) in [5, 5.41) is 0. The van der Waals surface area contributed by atoms with Crippen molar-refractivity contribution in [3.63, 3.8) is 0 Å². The minimum absolute atomic E-state index is 0.346. The van der Waals surface area contributed by atoms with Crippen LogP contribution in [0.25, 0.3) is 0 Å². The number of hydrogen-bond acceptors (Lipinski definition) is 1. The molecule has 1 aromatic rings. The molecule has 94 valence electrons. The van der Waals surface area contributed by atoms with Gasteiger partial charge in [-0.3, -0.25) is 4.79 Å². The summed E-state index contributed by atoms with van der Waals surface area (Å²) in [6.07, 6.45) is 10.7. The van der Waals surface area contributed by atoms with Gasteiger partial charge >= 0.3 is 0 Å². The standard InChI is InChI=1S/C14H22N2O/c17-14(16-12-3-1-2-4-13-16)8-7-11-15-9-5-6-10-15/h5-6,9-10H,1-4,7-8,11-13H2. The zero-order valence-corrected chi connectivity index (χ0v) is 10.5. The number of aryl methyl sites for hydroxylation is 1. The van der Waals surface area contributed by atoms with Crippen molar-refractivity contribution in [1.29, 1.82) is 0 Å². The molecular formula is C14H22N2O. The molecule has 0 unspecified atom stereocenters. The molecule has 0 bridgehead atoms. The third kappa shape index (κ3) is 3.91. The van der Waals surface area contributed by atoms with E-state index in [4.69, 9.17) is 0 Å². The first-order valence-corrected chi connectivity index (χ1v) is 6.75. The maximum atomic E-state index is 12.0. The zero-order valence-electron chi connectivity index (χ0n) is 10.5. The number of amides is 1. The molecule has 1 aliphatic rings. The van der Waals surface area contributed by atoms with Crippen molar-refractivity contribution >= 4 is 5.91 Å². The van der Waals surface area contributed by atoms with Crippen LogP contribution in [0.5, 0.6) is 0 Å². The highest BCUT2D eigenvalue weighted by molar-refractivity contribution is 5.76. The van der Waals surface area contributed by atoms with E-state index in [1.54, 1.807) is 0 Å². The van der Waals surface area contributed by atoms with Crippen molar-refractivity contribution in [2.45, 2.75) is 45.1 Å². The molecule has 1 aliphatic heterocycles. The van der Waals surface area contributed by atoms with Crippen LogP contribution in [-0.4, -0.2) is 28.5 Å². The van der Waals surface area contributed by atoms with E-state index in [1.165, 1.54) is 25.7 Å². The van der Waals surface area contributed by atoms with Gasteiger partial charge in [-0.2, -0.15) is 0 Å². The normalized spacial score (nSPS) is 16.8. The van der Waals surface area contributed by atoms with Crippen LogP contribution < -0.4 is 0 Å². The maximum Gasteiger partial charge on any atom is 0.222 e. The Labute approximate surface area is 103 Å². The smallest absolute Gasteiger partial charge is 0.222 e. The van der Waals surface area contributed by atoms with Crippen molar-refractivity contribution in [3.8, 4) is 0 Å². The molecule has 0 aliphatic carbocycles. The summed E-state index contributed by atoms with van der Waals surface area (Å²) in [5.74, 6) is 0.346. The number of rotatable bonds is 4.